The smallest absolute Gasteiger partial charge is 0.265 e. The van der Waals surface area contributed by atoms with E-state index in [2.05, 4.69) is 4.98 Å². The predicted octanol–water partition coefficient (Wildman–Crippen LogP) is 2.85. The standard InChI is InChI=1S/C8H5ClF3NO/c1-3-4(7(10)11)2-5(6(9)14)8(12)13-3/h2,7H,1H3. The fraction of sp³-hybridized carbons (Fsp3) is 0.250. The van der Waals surface area contributed by atoms with Crippen molar-refractivity contribution in [2.45, 2.75) is 13.3 Å². The summed E-state index contributed by atoms with van der Waals surface area (Å²) in [5.41, 5.74) is -1.28. The van der Waals surface area contributed by atoms with Gasteiger partial charge in [-0.2, -0.15) is 4.39 Å². The average Bonchev–Trinajstić information content (AvgIpc) is 2.02. The molecule has 0 N–H and O–H groups in total. The van der Waals surface area contributed by atoms with Crippen molar-refractivity contribution in [3.63, 3.8) is 0 Å². The van der Waals surface area contributed by atoms with E-state index in [9.17, 15) is 18.0 Å². The lowest BCUT2D eigenvalue weighted by Gasteiger charge is -2.05. The quantitative estimate of drug-likeness (QED) is 0.570. The van der Waals surface area contributed by atoms with Crippen LogP contribution in [0.15, 0.2) is 6.07 Å². The van der Waals surface area contributed by atoms with Crippen LogP contribution in [-0.2, 0) is 0 Å². The van der Waals surface area contributed by atoms with Crippen LogP contribution in [0.2, 0.25) is 0 Å². The first kappa shape index (κ1) is 11.0. The first-order valence-electron chi connectivity index (χ1n) is 3.58. The maximum absolute atomic E-state index is 12.9. The number of carbonyl (C=O) groups excluding carboxylic acids is 1. The summed E-state index contributed by atoms with van der Waals surface area (Å²) in [6.07, 6.45) is -2.81. The van der Waals surface area contributed by atoms with Crippen LogP contribution in [0.3, 0.4) is 0 Å². The van der Waals surface area contributed by atoms with Gasteiger partial charge in [-0.15, -0.1) is 0 Å². The number of nitrogens with zero attached hydrogens (tertiary/aromatic N) is 1. The molecule has 6 heteroatoms. The Morgan fingerprint density at radius 3 is 2.57 bits per heavy atom. The number of pyridine rings is 1. The van der Waals surface area contributed by atoms with E-state index in [-0.39, 0.29) is 5.69 Å². The molecule has 0 aliphatic heterocycles. The number of rotatable bonds is 2. The largest absolute Gasteiger partial charge is 0.275 e. The van der Waals surface area contributed by atoms with E-state index in [0.29, 0.717) is 0 Å². The molecule has 0 spiro atoms. The third-order valence-electron chi connectivity index (χ3n) is 1.65. The van der Waals surface area contributed by atoms with Crippen LogP contribution in [0.4, 0.5) is 13.2 Å². The van der Waals surface area contributed by atoms with Gasteiger partial charge in [0.2, 0.25) is 5.95 Å². The van der Waals surface area contributed by atoms with E-state index in [1.165, 1.54) is 6.92 Å². The molecular weight excluding hydrogens is 219 g/mol. The van der Waals surface area contributed by atoms with Gasteiger partial charge in [0.1, 0.15) is 0 Å². The molecule has 0 aliphatic carbocycles. The fourth-order valence-electron chi connectivity index (χ4n) is 0.950. The molecule has 0 amide bonds. The predicted molar refractivity (Wildman–Crippen MR) is 44.1 cm³/mol. The monoisotopic (exact) mass is 223 g/mol. The Morgan fingerprint density at radius 2 is 2.14 bits per heavy atom. The van der Waals surface area contributed by atoms with Crippen LogP contribution < -0.4 is 0 Å². The minimum atomic E-state index is -2.81. The van der Waals surface area contributed by atoms with Gasteiger partial charge in [0.15, 0.2) is 0 Å². The highest BCUT2D eigenvalue weighted by Gasteiger charge is 2.18. The first-order valence-corrected chi connectivity index (χ1v) is 3.96. The van der Waals surface area contributed by atoms with Crippen LogP contribution in [0.5, 0.6) is 0 Å². The molecule has 0 fully saturated rings. The van der Waals surface area contributed by atoms with Gasteiger partial charge >= 0.3 is 0 Å². The molecule has 0 aromatic carbocycles. The summed E-state index contributed by atoms with van der Waals surface area (Å²) in [5, 5.41) is -1.14. The molecule has 0 unspecified atom stereocenters. The van der Waals surface area contributed by atoms with Crippen molar-refractivity contribution in [1.29, 1.82) is 0 Å². The molecule has 2 nitrogen and oxygen atoms in total. The summed E-state index contributed by atoms with van der Waals surface area (Å²) >= 11 is 4.97. The lowest BCUT2D eigenvalue weighted by molar-refractivity contribution is 0.107. The zero-order valence-corrected chi connectivity index (χ0v) is 7.78. The van der Waals surface area contributed by atoms with Gasteiger partial charge in [-0.3, -0.25) is 4.79 Å². The van der Waals surface area contributed by atoms with Gasteiger partial charge in [0.05, 0.1) is 5.56 Å². The maximum atomic E-state index is 12.9. The maximum Gasteiger partial charge on any atom is 0.265 e. The summed E-state index contributed by atoms with van der Waals surface area (Å²) in [6, 6.07) is 0.720. The molecule has 1 aromatic heterocycles. The van der Waals surface area contributed by atoms with Crippen LogP contribution >= 0.6 is 11.6 Å². The summed E-state index contributed by atoms with van der Waals surface area (Å²) in [5.74, 6) is -1.13. The molecule has 0 saturated carbocycles. The second kappa shape index (κ2) is 3.96. The molecule has 1 rings (SSSR count). The van der Waals surface area contributed by atoms with Gasteiger partial charge in [0.25, 0.3) is 11.7 Å². The van der Waals surface area contributed by atoms with E-state index in [1.54, 1.807) is 0 Å². The van der Waals surface area contributed by atoms with Gasteiger partial charge in [0, 0.05) is 11.3 Å². The molecule has 1 heterocycles. The number of aromatic nitrogens is 1. The van der Waals surface area contributed by atoms with Crippen LogP contribution in [0.25, 0.3) is 0 Å². The van der Waals surface area contributed by atoms with Crippen molar-refractivity contribution in [1.82, 2.24) is 4.98 Å². The Bertz CT molecular complexity index is 381. The lowest BCUT2D eigenvalue weighted by Crippen LogP contribution is -2.03. The molecular formula is C8H5ClF3NO. The summed E-state index contributed by atoms with van der Waals surface area (Å²) < 4.78 is 37.5. The van der Waals surface area contributed by atoms with Gasteiger partial charge < -0.3 is 0 Å². The van der Waals surface area contributed by atoms with Gasteiger partial charge in [-0.1, -0.05) is 0 Å². The number of carbonyl (C=O) groups is 1. The number of alkyl halides is 2. The summed E-state index contributed by atoms with van der Waals surface area (Å²) in [7, 11) is 0. The van der Waals surface area contributed by atoms with E-state index in [4.69, 9.17) is 11.6 Å². The minimum absolute atomic E-state index is 0.154. The van der Waals surface area contributed by atoms with Crippen molar-refractivity contribution < 1.29 is 18.0 Å². The van der Waals surface area contributed by atoms with Crippen molar-refractivity contribution in [2.75, 3.05) is 0 Å². The van der Waals surface area contributed by atoms with Crippen LogP contribution in [0, 0.1) is 12.9 Å². The van der Waals surface area contributed by atoms with Crippen LogP contribution in [-0.4, -0.2) is 10.2 Å². The molecule has 0 bridgehead atoms. The van der Waals surface area contributed by atoms with E-state index < -0.39 is 28.7 Å². The van der Waals surface area contributed by atoms with E-state index in [1.807, 2.05) is 0 Å². The third kappa shape index (κ3) is 2.04. The Balaban J connectivity index is 3.34. The average molecular weight is 224 g/mol. The highest BCUT2D eigenvalue weighted by atomic mass is 35.5. The van der Waals surface area contributed by atoms with Crippen LogP contribution in [0.1, 0.15) is 28.0 Å². The number of halogens is 4. The highest BCUT2D eigenvalue weighted by Crippen LogP contribution is 2.24. The molecule has 1 aromatic rings. The molecule has 0 aliphatic rings. The number of hydrogen-bond acceptors (Lipinski definition) is 2. The molecule has 0 radical (unpaired) electrons. The second-order valence-corrected chi connectivity index (χ2v) is 2.92. The first-order chi connectivity index (χ1) is 6.43. The Hall–Kier alpha value is -1.10. The molecule has 14 heavy (non-hydrogen) atoms. The Kier molecular flexibility index (Phi) is 3.10. The minimum Gasteiger partial charge on any atom is -0.275 e. The zero-order valence-electron chi connectivity index (χ0n) is 7.02. The third-order valence-corrected chi connectivity index (χ3v) is 1.86. The van der Waals surface area contributed by atoms with E-state index in [0.717, 1.165) is 6.07 Å². The number of aryl methyl sites for hydroxylation is 1. The lowest BCUT2D eigenvalue weighted by atomic mass is 10.1. The summed E-state index contributed by atoms with van der Waals surface area (Å²) in [4.78, 5) is 13.8. The van der Waals surface area contributed by atoms with Gasteiger partial charge in [-0.25, -0.2) is 13.8 Å². The Labute approximate surface area is 82.7 Å². The highest BCUT2D eigenvalue weighted by molar-refractivity contribution is 6.67. The van der Waals surface area contributed by atoms with Crippen molar-refractivity contribution in [2.24, 2.45) is 0 Å². The van der Waals surface area contributed by atoms with E-state index >= 15 is 0 Å². The zero-order chi connectivity index (χ0) is 10.9. The second-order valence-electron chi connectivity index (χ2n) is 2.58. The van der Waals surface area contributed by atoms with Crippen molar-refractivity contribution in [3.8, 4) is 0 Å². The topological polar surface area (TPSA) is 30.0 Å². The molecule has 0 saturated heterocycles. The fourth-order valence-corrected chi connectivity index (χ4v) is 1.08. The van der Waals surface area contributed by atoms with Crippen molar-refractivity contribution in [3.05, 3.63) is 28.8 Å². The van der Waals surface area contributed by atoms with Crippen molar-refractivity contribution >= 4 is 16.8 Å². The normalized spacial score (nSPS) is 10.7. The SMILES string of the molecule is Cc1nc(F)c(C(=O)Cl)cc1C(F)F. The number of hydrogen-bond donors (Lipinski definition) is 0. The Morgan fingerprint density at radius 1 is 1.57 bits per heavy atom. The molecule has 0 atom stereocenters. The van der Waals surface area contributed by atoms with Gasteiger partial charge in [-0.05, 0) is 24.6 Å². The summed E-state index contributed by atoms with van der Waals surface area (Å²) in [6.45, 7) is 1.23. The molecule has 76 valence electrons.